The number of alkyl halides is 3. The molecule has 5 nitrogen and oxygen atoms in total. The van der Waals surface area contributed by atoms with Crippen LogP contribution in [-0.2, 0) is 10.9 Å². The summed E-state index contributed by atoms with van der Waals surface area (Å²) in [6, 6.07) is 9.74. The number of aliphatic hydroxyl groups is 1. The summed E-state index contributed by atoms with van der Waals surface area (Å²) in [5, 5.41) is 12.5. The van der Waals surface area contributed by atoms with Gasteiger partial charge >= 0.3 is 12.1 Å². The fourth-order valence-corrected chi connectivity index (χ4v) is 2.18. The molecule has 0 heterocycles. The number of halogens is 3. The maximum atomic E-state index is 12.5. The molecule has 1 unspecified atom stereocenters. The Morgan fingerprint density at radius 3 is 2.08 bits per heavy atom. The molecule has 0 spiro atoms. The summed E-state index contributed by atoms with van der Waals surface area (Å²) in [6.45, 7) is -0.178. The van der Waals surface area contributed by atoms with Gasteiger partial charge in [-0.15, -0.1) is 0 Å². The number of aliphatic hydroxyl groups excluding tert-OH is 1. The number of methoxy groups -OCH3 is 1. The number of amides is 1. The Hall–Kier alpha value is -2.87. The zero-order valence-electron chi connectivity index (χ0n) is 13.7. The van der Waals surface area contributed by atoms with Crippen LogP contribution in [0.2, 0.25) is 0 Å². The molecule has 0 saturated carbocycles. The molecule has 0 aliphatic heterocycles. The van der Waals surface area contributed by atoms with Crippen LogP contribution in [-0.4, -0.2) is 30.6 Å². The summed E-state index contributed by atoms with van der Waals surface area (Å²) < 4.78 is 42.1. The molecule has 2 aromatic rings. The van der Waals surface area contributed by atoms with Gasteiger partial charge in [0.2, 0.25) is 0 Å². The highest BCUT2D eigenvalue weighted by Crippen LogP contribution is 2.29. The molecule has 1 atom stereocenters. The summed E-state index contributed by atoms with van der Waals surface area (Å²) in [6.07, 6.45) is -5.61. The fourth-order valence-electron chi connectivity index (χ4n) is 2.18. The largest absolute Gasteiger partial charge is 0.465 e. The molecular weight excluding hydrogens is 351 g/mol. The van der Waals surface area contributed by atoms with E-state index in [4.69, 9.17) is 0 Å². The van der Waals surface area contributed by atoms with Gasteiger partial charge in [0.15, 0.2) is 0 Å². The van der Waals surface area contributed by atoms with Crippen LogP contribution in [0.5, 0.6) is 0 Å². The van der Waals surface area contributed by atoms with Crippen LogP contribution in [0, 0.1) is 0 Å². The molecule has 26 heavy (non-hydrogen) atoms. The van der Waals surface area contributed by atoms with Gasteiger partial charge in [0.25, 0.3) is 5.91 Å². The molecule has 0 fully saturated rings. The molecule has 0 bridgehead atoms. The molecule has 0 radical (unpaired) electrons. The smallest absolute Gasteiger partial charge is 0.416 e. The number of rotatable bonds is 5. The van der Waals surface area contributed by atoms with Crippen molar-refractivity contribution in [2.45, 2.75) is 12.3 Å². The first-order valence-corrected chi connectivity index (χ1v) is 7.54. The van der Waals surface area contributed by atoms with E-state index in [9.17, 15) is 27.9 Å². The quantitative estimate of drug-likeness (QED) is 0.797. The van der Waals surface area contributed by atoms with E-state index >= 15 is 0 Å². The van der Waals surface area contributed by atoms with E-state index in [1.807, 2.05) is 0 Å². The highest BCUT2D eigenvalue weighted by Gasteiger charge is 2.30. The van der Waals surface area contributed by atoms with E-state index in [1.54, 1.807) is 0 Å². The zero-order valence-corrected chi connectivity index (χ0v) is 13.7. The molecule has 0 aliphatic carbocycles. The molecule has 0 aromatic heterocycles. The molecule has 8 heteroatoms. The second kappa shape index (κ2) is 8.01. The molecule has 2 rings (SSSR count). The van der Waals surface area contributed by atoms with E-state index in [0.29, 0.717) is 0 Å². The van der Waals surface area contributed by atoms with Gasteiger partial charge in [0.05, 0.1) is 24.3 Å². The van der Waals surface area contributed by atoms with Crippen molar-refractivity contribution in [3.8, 4) is 0 Å². The molecule has 1 amide bonds. The third-order valence-electron chi connectivity index (χ3n) is 3.65. The zero-order chi connectivity index (χ0) is 19.3. The van der Waals surface area contributed by atoms with E-state index in [1.165, 1.54) is 31.4 Å². The van der Waals surface area contributed by atoms with Crippen LogP contribution in [0.4, 0.5) is 13.2 Å². The third kappa shape index (κ3) is 4.82. The third-order valence-corrected chi connectivity index (χ3v) is 3.65. The average Bonchev–Trinajstić information content (AvgIpc) is 2.64. The van der Waals surface area contributed by atoms with E-state index in [-0.39, 0.29) is 23.2 Å². The first kappa shape index (κ1) is 19.5. The number of nitrogens with one attached hydrogen (secondary N) is 1. The Bertz CT molecular complexity index is 771. The van der Waals surface area contributed by atoms with Crippen molar-refractivity contribution in [3.05, 3.63) is 70.8 Å². The number of carbonyl (C=O) groups excluding carboxylic acids is 2. The molecule has 0 aliphatic rings. The van der Waals surface area contributed by atoms with Gasteiger partial charge in [-0.25, -0.2) is 4.79 Å². The van der Waals surface area contributed by atoms with Crippen LogP contribution < -0.4 is 5.32 Å². The van der Waals surface area contributed by atoms with Crippen molar-refractivity contribution in [1.82, 2.24) is 5.32 Å². The fraction of sp³-hybridized carbons (Fsp3) is 0.222. The lowest BCUT2D eigenvalue weighted by atomic mass is 10.1. The van der Waals surface area contributed by atoms with E-state index < -0.39 is 29.7 Å². The van der Waals surface area contributed by atoms with Gasteiger partial charge in [-0.2, -0.15) is 13.2 Å². The van der Waals surface area contributed by atoms with Crippen molar-refractivity contribution >= 4 is 11.9 Å². The molecule has 2 N–H and O–H groups in total. The maximum absolute atomic E-state index is 12.5. The Balaban J connectivity index is 1.95. The SMILES string of the molecule is COC(=O)c1ccc(C(=O)NCC(O)c2ccc(C(F)(F)F)cc2)cc1. The molecular formula is C18H16F3NO4. The second-order valence-electron chi connectivity index (χ2n) is 5.41. The van der Waals surface area contributed by atoms with Gasteiger partial charge in [0, 0.05) is 12.1 Å². The Morgan fingerprint density at radius 2 is 1.58 bits per heavy atom. The van der Waals surface area contributed by atoms with Crippen molar-refractivity contribution in [2.75, 3.05) is 13.7 Å². The minimum absolute atomic E-state index is 0.178. The van der Waals surface area contributed by atoms with Crippen LogP contribution in [0.3, 0.4) is 0 Å². The molecule has 0 saturated heterocycles. The number of carbonyl (C=O) groups is 2. The van der Waals surface area contributed by atoms with Crippen molar-refractivity contribution < 1.29 is 32.6 Å². The molecule has 2 aromatic carbocycles. The topological polar surface area (TPSA) is 75.6 Å². The van der Waals surface area contributed by atoms with Crippen LogP contribution >= 0.6 is 0 Å². The summed E-state index contributed by atoms with van der Waals surface area (Å²) in [5.41, 5.74) is -0.0198. The minimum atomic E-state index is -4.45. The Kier molecular flexibility index (Phi) is 5.99. The monoisotopic (exact) mass is 367 g/mol. The van der Waals surface area contributed by atoms with Crippen molar-refractivity contribution in [3.63, 3.8) is 0 Å². The lowest BCUT2D eigenvalue weighted by Gasteiger charge is -2.14. The number of hydrogen-bond acceptors (Lipinski definition) is 4. The first-order valence-electron chi connectivity index (χ1n) is 7.54. The summed E-state index contributed by atoms with van der Waals surface area (Å²) >= 11 is 0. The Labute approximate surface area is 147 Å². The van der Waals surface area contributed by atoms with Crippen LogP contribution in [0.15, 0.2) is 48.5 Å². The standard InChI is InChI=1S/C18H16F3NO4/c1-26-17(25)13-4-2-12(3-5-13)16(24)22-10-15(23)11-6-8-14(9-7-11)18(19,20)21/h2-9,15,23H,10H2,1H3,(H,22,24). The van der Waals surface area contributed by atoms with Crippen molar-refractivity contribution in [2.24, 2.45) is 0 Å². The van der Waals surface area contributed by atoms with E-state index in [0.717, 1.165) is 24.3 Å². The van der Waals surface area contributed by atoms with E-state index in [2.05, 4.69) is 10.1 Å². The van der Waals surface area contributed by atoms with Crippen LogP contribution in [0.25, 0.3) is 0 Å². The van der Waals surface area contributed by atoms with Gasteiger partial charge in [-0.1, -0.05) is 12.1 Å². The summed E-state index contributed by atoms with van der Waals surface area (Å²) in [7, 11) is 1.24. The number of ether oxygens (including phenoxy) is 1. The second-order valence-corrected chi connectivity index (χ2v) is 5.41. The summed E-state index contributed by atoms with van der Waals surface area (Å²) in [4.78, 5) is 23.4. The number of hydrogen-bond donors (Lipinski definition) is 2. The number of benzene rings is 2. The maximum Gasteiger partial charge on any atom is 0.416 e. The van der Waals surface area contributed by atoms with Gasteiger partial charge in [0.1, 0.15) is 0 Å². The van der Waals surface area contributed by atoms with Gasteiger partial charge in [-0.05, 0) is 42.0 Å². The minimum Gasteiger partial charge on any atom is -0.465 e. The predicted molar refractivity (Wildman–Crippen MR) is 86.5 cm³/mol. The highest BCUT2D eigenvalue weighted by molar-refractivity contribution is 5.96. The van der Waals surface area contributed by atoms with Crippen molar-refractivity contribution in [1.29, 1.82) is 0 Å². The Morgan fingerprint density at radius 1 is 1.04 bits per heavy atom. The highest BCUT2D eigenvalue weighted by atomic mass is 19.4. The number of esters is 1. The lowest BCUT2D eigenvalue weighted by molar-refractivity contribution is -0.137. The van der Waals surface area contributed by atoms with Gasteiger partial charge in [-0.3, -0.25) is 4.79 Å². The summed E-state index contributed by atoms with van der Waals surface area (Å²) in [5.74, 6) is -1.03. The van der Waals surface area contributed by atoms with Crippen LogP contribution in [0.1, 0.15) is 37.9 Å². The average molecular weight is 367 g/mol. The lowest BCUT2D eigenvalue weighted by Crippen LogP contribution is -2.28. The molecule has 138 valence electrons. The van der Waals surface area contributed by atoms with Gasteiger partial charge < -0.3 is 15.2 Å². The first-order chi connectivity index (χ1) is 12.2. The predicted octanol–water partition coefficient (Wildman–Crippen LogP) is 2.96. The normalized spacial score (nSPS) is 12.3.